The van der Waals surface area contributed by atoms with Gasteiger partial charge in [-0.15, -0.1) is 0 Å². The fourth-order valence-electron chi connectivity index (χ4n) is 1.39. The van der Waals surface area contributed by atoms with E-state index < -0.39 is 26.7 Å². The first-order valence-electron chi connectivity index (χ1n) is 5.54. The van der Waals surface area contributed by atoms with Crippen LogP contribution in [0.15, 0.2) is 18.2 Å². The van der Waals surface area contributed by atoms with Crippen LogP contribution < -0.4 is 10.1 Å². The van der Waals surface area contributed by atoms with E-state index in [1.165, 1.54) is 26.2 Å². The number of methoxy groups -OCH3 is 1. The number of rotatable bonds is 5. The minimum Gasteiger partial charge on any atom is -0.495 e. The van der Waals surface area contributed by atoms with Crippen molar-refractivity contribution >= 4 is 33.0 Å². The Morgan fingerprint density at radius 3 is 2.75 bits per heavy atom. The Morgan fingerprint density at radius 1 is 1.55 bits per heavy atom. The summed E-state index contributed by atoms with van der Waals surface area (Å²) in [7, 11) is -2.39. The van der Waals surface area contributed by atoms with Crippen LogP contribution in [0.2, 0.25) is 5.02 Å². The van der Waals surface area contributed by atoms with Crippen molar-refractivity contribution in [2.24, 2.45) is 0 Å². The molecule has 0 fully saturated rings. The Morgan fingerprint density at radius 2 is 2.20 bits per heavy atom. The molecule has 1 atom stereocenters. The van der Waals surface area contributed by atoms with Crippen LogP contribution >= 0.6 is 11.6 Å². The Balaban J connectivity index is 2.97. The van der Waals surface area contributed by atoms with Gasteiger partial charge in [-0.3, -0.25) is 4.79 Å². The molecule has 1 unspecified atom stereocenters. The number of hydrogen-bond donors (Lipinski definition) is 1. The monoisotopic (exact) mass is 316 g/mol. The van der Waals surface area contributed by atoms with E-state index in [-0.39, 0.29) is 5.69 Å². The molecule has 0 radical (unpaired) electrons. The number of amides is 1. The summed E-state index contributed by atoms with van der Waals surface area (Å²) in [6, 6.07) is 6.10. The summed E-state index contributed by atoms with van der Waals surface area (Å²) in [5.74, 6) is -1.11. The van der Waals surface area contributed by atoms with Crippen molar-refractivity contribution in [1.82, 2.24) is 0 Å². The van der Waals surface area contributed by atoms with Crippen molar-refractivity contribution in [3.63, 3.8) is 0 Å². The van der Waals surface area contributed by atoms with Gasteiger partial charge in [-0.1, -0.05) is 11.6 Å². The van der Waals surface area contributed by atoms with E-state index in [1.54, 1.807) is 12.1 Å². The molecule has 0 heterocycles. The average Bonchev–Trinajstić information content (AvgIpc) is 2.38. The molecule has 0 spiro atoms. The normalized spacial score (nSPS) is 12.3. The highest BCUT2D eigenvalue weighted by Gasteiger charge is 2.28. The van der Waals surface area contributed by atoms with Gasteiger partial charge in [0.1, 0.15) is 16.8 Å². The summed E-state index contributed by atoms with van der Waals surface area (Å²) in [6.45, 7) is 1.22. The number of carbonyl (C=O) groups excluding carboxylic acids is 1. The SMILES string of the molecule is COc1ccc(Cl)cc1NC(=O)C(C)S(=O)(=O)CC#N. The molecule has 0 bridgehead atoms. The molecule has 0 aliphatic carbocycles. The number of benzene rings is 1. The lowest BCUT2D eigenvalue weighted by molar-refractivity contribution is -0.115. The van der Waals surface area contributed by atoms with Gasteiger partial charge in [0.15, 0.2) is 9.84 Å². The lowest BCUT2D eigenvalue weighted by atomic mass is 10.3. The molecule has 8 heteroatoms. The first kappa shape index (κ1) is 16.3. The Hall–Kier alpha value is -1.78. The van der Waals surface area contributed by atoms with Crippen molar-refractivity contribution in [1.29, 1.82) is 5.26 Å². The van der Waals surface area contributed by atoms with Gasteiger partial charge in [-0.05, 0) is 25.1 Å². The molecule has 6 nitrogen and oxygen atoms in total. The standard InChI is InChI=1S/C12H13ClN2O4S/c1-8(20(17,18)6-5-14)12(16)15-10-7-9(13)3-4-11(10)19-2/h3-4,7-8H,6H2,1-2H3,(H,15,16). The first-order chi connectivity index (χ1) is 9.31. The van der Waals surface area contributed by atoms with Gasteiger partial charge >= 0.3 is 0 Å². The van der Waals surface area contributed by atoms with Crippen molar-refractivity contribution in [2.45, 2.75) is 12.2 Å². The summed E-state index contributed by atoms with van der Waals surface area (Å²) in [6.07, 6.45) is 0. The third-order valence-electron chi connectivity index (χ3n) is 2.59. The second-order valence-corrected chi connectivity index (χ2v) is 6.70. The highest BCUT2D eigenvalue weighted by atomic mass is 35.5. The second-order valence-electron chi connectivity index (χ2n) is 3.94. The first-order valence-corrected chi connectivity index (χ1v) is 7.64. The van der Waals surface area contributed by atoms with Crippen LogP contribution in [-0.2, 0) is 14.6 Å². The Labute approximate surface area is 122 Å². The predicted molar refractivity (Wildman–Crippen MR) is 75.5 cm³/mol. The summed E-state index contributed by atoms with van der Waals surface area (Å²) in [5, 5.41) is 9.90. The zero-order valence-electron chi connectivity index (χ0n) is 10.9. The van der Waals surface area contributed by atoms with Gasteiger partial charge in [0.25, 0.3) is 0 Å². The zero-order valence-corrected chi connectivity index (χ0v) is 12.5. The minimum absolute atomic E-state index is 0.268. The maximum Gasteiger partial charge on any atom is 0.242 e. The van der Waals surface area contributed by atoms with Crippen LogP contribution in [0.25, 0.3) is 0 Å². The number of anilines is 1. The third kappa shape index (κ3) is 3.85. The van der Waals surface area contributed by atoms with Crippen molar-refractivity contribution in [3.05, 3.63) is 23.2 Å². The quantitative estimate of drug-likeness (QED) is 0.890. The van der Waals surface area contributed by atoms with Crippen molar-refractivity contribution in [3.8, 4) is 11.8 Å². The van der Waals surface area contributed by atoms with Gasteiger partial charge in [0, 0.05) is 5.02 Å². The van der Waals surface area contributed by atoms with E-state index in [0.717, 1.165) is 0 Å². The van der Waals surface area contributed by atoms with E-state index >= 15 is 0 Å². The van der Waals surface area contributed by atoms with Crippen LogP contribution in [0, 0.1) is 11.3 Å². The van der Waals surface area contributed by atoms with Crippen LogP contribution in [-0.4, -0.2) is 32.4 Å². The molecule has 108 valence electrons. The Bertz CT molecular complexity index is 652. The lowest BCUT2D eigenvalue weighted by Crippen LogP contribution is -2.33. The van der Waals surface area contributed by atoms with Crippen LogP contribution in [0.1, 0.15) is 6.92 Å². The largest absolute Gasteiger partial charge is 0.495 e. The highest BCUT2D eigenvalue weighted by molar-refractivity contribution is 7.92. The summed E-state index contributed by atoms with van der Waals surface area (Å²) < 4.78 is 28.3. The number of nitrogens with zero attached hydrogens (tertiary/aromatic N) is 1. The molecule has 1 rings (SSSR count). The van der Waals surface area contributed by atoms with E-state index in [9.17, 15) is 13.2 Å². The van der Waals surface area contributed by atoms with Crippen LogP contribution in [0.3, 0.4) is 0 Å². The maximum absolute atomic E-state index is 11.9. The molecule has 1 amide bonds. The lowest BCUT2D eigenvalue weighted by Gasteiger charge is -2.14. The van der Waals surface area contributed by atoms with Crippen molar-refractivity contribution < 1.29 is 17.9 Å². The average molecular weight is 317 g/mol. The number of sulfone groups is 1. The molecule has 0 saturated heterocycles. The van der Waals surface area contributed by atoms with Crippen LogP contribution in [0.4, 0.5) is 5.69 Å². The third-order valence-corrected chi connectivity index (χ3v) is 4.65. The fraction of sp³-hybridized carbons (Fsp3) is 0.333. The highest BCUT2D eigenvalue weighted by Crippen LogP contribution is 2.28. The van der Waals surface area contributed by atoms with E-state index in [1.807, 2.05) is 0 Å². The molecule has 1 N–H and O–H groups in total. The number of nitriles is 1. The molecule has 1 aromatic rings. The molecule has 0 aliphatic rings. The van der Waals surface area contributed by atoms with Gasteiger partial charge in [-0.2, -0.15) is 5.26 Å². The number of carbonyl (C=O) groups is 1. The van der Waals surface area contributed by atoms with Gasteiger partial charge in [-0.25, -0.2) is 8.42 Å². The summed E-state index contributed by atoms with van der Waals surface area (Å²) >= 11 is 5.81. The maximum atomic E-state index is 11.9. The summed E-state index contributed by atoms with van der Waals surface area (Å²) in [5.41, 5.74) is 0.268. The van der Waals surface area contributed by atoms with Gasteiger partial charge < -0.3 is 10.1 Å². The van der Waals surface area contributed by atoms with E-state index in [4.69, 9.17) is 21.6 Å². The molecule has 0 saturated carbocycles. The summed E-state index contributed by atoms with van der Waals surface area (Å²) in [4.78, 5) is 11.9. The zero-order chi connectivity index (χ0) is 15.3. The van der Waals surface area contributed by atoms with Crippen LogP contribution in [0.5, 0.6) is 5.75 Å². The van der Waals surface area contributed by atoms with E-state index in [0.29, 0.717) is 10.8 Å². The molecule has 1 aromatic carbocycles. The minimum atomic E-state index is -3.81. The van der Waals surface area contributed by atoms with Gasteiger partial charge in [0.05, 0.1) is 18.9 Å². The molecule has 0 aliphatic heterocycles. The number of halogens is 1. The smallest absolute Gasteiger partial charge is 0.242 e. The molecule has 20 heavy (non-hydrogen) atoms. The number of nitrogens with one attached hydrogen (secondary N) is 1. The number of ether oxygens (including phenoxy) is 1. The molecular weight excluding hydrogens is 304 g/mol. The second kappa shape index (κ2) is 6.59. The molecular formula is C12H13ClN2O4S. The van der Waals surface area contributed by atoms with Crippen molar-refractivity contribution in [2.75, 3.05) is 18.2 Å². The molecule has 0 aromatic heterocycles. The Kier molecular flexibility index (Phi) is 5.36. The van der Waals surface area contributed by atoms with E-state index in [2.05, 4.69) is 5.32 Å². The topological polar surface area (TPSA) is 96.3 Å². The van der Waals surface area contributed by atoms with Gasteiger partial charge in [0.2, 0.25) is 5.91 Å². The fourth-order valence-corrected chi connectivity index (χ4v) is 2.38. The number of hydrogen-bond acceptors (Lipinski definition) is 5. The predicted octanol–water partition coefficient (Wildman–Crippen LogP) is 1.61.